The molecule has 0 spiro atoms. The number of benzene rings is 3. The van der Waals surface area contributed by atoms with Gasteiger partial charge in [0.15, 0.2) is 0 Å². The summed E-state index contributed by atoms with van der Waals surface area (Å²) in [6.45, 7) is -0.0441. The third kappa shape index (κ3) is 6.66. The van der Waals surface area contributed by atoms with Crippen molar-refractivity contribution in [2.24, 2.45) is 0 Å². The minimum Gasteiger partial charge on any atom is -0.350 e. The molecule has 0 aliphatic rings. The summed E-state index contributed by atoms with van der Waals surface area (Å²) in [7, 11) is 0. The number of nitro benzene ring substituents is 2. The predicted molar refractivity (Wildman–Crippen MR) is 125 cm³/mol. The van der Waals surface area contributed by atoms with E-state index in [2.05, 4.69) is 16.0 Å². The third-order valence-corrected chi connectivity index (χ3v) is 4.79. The number of hydrogen-bond acceptors (Lipinski definition) is 7. The van der Waals surface area contributed by atoms with E-state index >= 15 is 0 Å². The van der Waals surface area contributed by atoms with Crippen molar-refractivity contribution in [2.45, 2.75) is 0 Å². The standard InChI is InChI=1S/C23H18FN5O7/c24-17-5-1-15(2-6-17)23(32)27-18-7-3-14(4-8-18)21(30)25-9-10-26-22(31)16-11-19(28(33)34)13-20(12-16)29(35)36/h1-8,11-13H,9-10H2,(H,25,30)(H,26,31)(H,27,32). The van der Waals surface area contributed by atoms with Crippen molar-refractivity contribution in [3.05, 3.63) is 109 Å². The maximum atomic E-state index is 13.0. The van der Waals surface area contributed by atoms with Crippen molar-refractivity contribution >= 4 is 34.8 Å². The van der Waals surface area contributed by atoms with E-state index in [-0.39, 0.29) is 29.8 Å². The van der Waals surface area contributed by atoms with Gasteiger partial charge in [-0.25, -0.2) is 4.39 Å². The minimum atomic E-state index is -0.844. The van der Waals surface area contributed by atoms with Crippen LogP contribution in [0.1, 0.15) is 31.1 Å². The molecule has 0 aliphatic carbocycles. The molecule has 0 saturated heterocycles. The number of nitro groups is 2. The fourth-order valence-corrected chi connectivity index (χ4v) is 3.00. The van der Waals surface area contributed by atoms with Crippen LogP contribution in [0.3, 0.4) is 0 Å². The van der Waals surface area contributed by atoms with E-state index in [4.69, 9.17) is 0 Å². The van der Waals surface area contributed by atoms with Gasteiger partial charge in [0.05, 0.1) is 21.5 Å². The SMILES string of the molecule is O=C(NCCNC(=O)c1cc([N+](=O)[O-])cc([N+](=O)[O-])c1)c1ccc(NC(=O)c2ccc(F)cc2)cc1. The van der Waals surface area contributed by atoms with E-state index in [1.54, 1.807) is 0 Å². The molecular formula is C23H18FN5O7. The lowest BCUT2D eigenvalue weighted by Crippen LogP contribution is -2.34. The van der Waals surface area contributed by atoms with Crippen LogP contribution in [0.15, 0.2) is 66.7 Å². The Kier molecular flexibility index (Phi) is 7.97. The fraction of sp³-hybridized carbons (Fsp3) is 0.0870. The number of amides is 3. The molecule has 36 heavy (non-hydrogen) atoms. The second-order valence-corrected chi connectivity index (χ2v) is 7.30. The van der Waals surface area contributed by atoms with E-state index in [0.717, 1.165) is 30.3 Å². The van der Waals surface area contributed by atoms with Crippen molar-refractivity contribution in [3.63, 3.8) is 0 Å². The molecule has 0 fully saturated rings. The summed E-state index contributed by atoms with van der Waals surface area (Å²) in [4.78, 5) is 56.9. The number of carbonyl (C=O) groups excluding carboxylic acids is 3. The second-order valence-electron chi connectivity index (χ2n) is 7.30. The fourth-order valence-electron chi connectivity index (χ4n) is 3.00. The highest BCUT2D eigenvalue weighted by molar-refractivity contribution is 6.04. The van der Waals surface area contributed by atoms with Crippen LogP contribution in [0.5, 0.6) is 0 Å². The van der Waals surface area contributed by atoms with Crippen LogP contribution in [0.2, 0.25) is 0 Å². The largest absolute Gasteiger partial charge is 0.350 e. The Morgan fingerprint density at radius 1 is 0.667 bits per heavy atom. The quantitative estimate of drug-likeness (QED) is 0.232. The number of carbonyl (C=O) groups is 3. The van der Waals surface area contributed by atoms with Crippen molar-refractivity contribution in [3.8, 4) is 0 Å². The number of rotatable bonds is 9. The van der Waals surface area contributed by atoms with Crippen molar-refractivity contribution in [2.75, 3.05) is 18.4 Å². The second kappa shape index (κ2) is 11.3. The minimum absolute atomic E-state index is 0.00461. The number of nitrogens with zero attached hydrogens (tertiary/aromatic N) is 2. The van der Waals surface area contributed by atoms with Crippen LogP contribution in [-0.2, 0) is 0 Å². The first-order valence-electron chi connectivity index (χ1n) is 10.3. The first kappa shape index (κ1) is 25.4. The summed E-state index contributed by atoms with van der Waals surface area (Å²) in [5, 5.41) is 29.5. The maximum Gasteiger partial charge on any atom is 0.277 e. The van der Waals surface area contributed by atoms with Crippen LogP contribution in [-0.4, -0.2) is 40.7 Å². The molecule has 3 amide bonds. The zero-order valence-corrected chi connectivity index (χ0v) is 18.4. The zero-order valence-electron chi connectivity index (χ0n) is 18.4. The Morgan fingerprint density at radius 3 is 1.61 bits per heavy atom. The molecule has 0 radical (unpaired) electrons. The highest BCUT2D eigenvalue weighted by Crippen LogP contribution is 2.22. The first-order valence-corrected chi connectivity index (χ1v) is 10.3. The Labute approximate surface area is 202 Å². The molecule has 0 bridgehead atoms. The van der Waals surface area contributed by atoms with Gasteiger partial charge in [0.1, 0.15) is 5.82 Å². The van der Waals surface area contributed by atoms with Crippen LogP contribution < -0.4 is 16.0 Å². The van der Waals surface area contributed by atoms with Gasteiger partial charge in [-0.15, -0.1) is 0 Å². The lowest BCUT2D eigenvalue weighted by Gasteiger charge is -2.09. The molecule has 12 nitrogen and oxygen atoms in total. The average Bonchev–Trinajstić information content (AvgIpc) is 2.86. The van der Waals surface area contributed by atoms with Gasteiger partial charge in [0.2, 0.25) is 0 Å². The highest BCUT2D eigenvalue weighted by atomic mass is 19.1. The summed E-state index contributed by atoms with van der Waals surface area (Å²) in [5.74, 6) is -2.16. The van der Waals surface area contributed by atoms with Crippen molar-refractivity contribution in [1.82, 2.24) is 10.6 Å². The number of hydrogen-bond donors (Lipinski definition) is 3. The number of non-ortho nitro benzene ring substituents is 2. The van der Waals surface area contributed by atoms with E-state index < -0.39 is 44.8 Å². The van der Waals surface area contributed by atoms with Crippen LogP contribution >= 0.6 is 0 Å². The number of anilines is 1. The third-order valence-electron chi connectivity index (χ3n) is 4.79. The van der Waals surface area contributed by atoms with Gasteiger partial charge in [0, 0.05) is 42.0 Å². The maximum absolute atomic E-state index is 13.0. The summed E-state index contributed by atoms with van der Waals surface area (Å²) in [5.41, 5.74) is -0.505. The van der Waals surface area contributed by atoms with Gasteiger partial charge >= 0.3 is 0 Å². The summed E-state index contributed by atoms with van der Waals surface area (Å²) >= 11 is 0. The summed E-state index contributed by atoms with van der Waals surface area (Å²) < 4.78 is 13.0. The zero-order chi connectivity index (χ0) is 26.2. The van der Waals surface area contributed by atoms with E-state index in [1.807, 2.05) is 0 Å². The Balaban J connectivity index is 1.50. The van der Waals surface area contributed by atoms with Crippen LogP contribution in [0.4, 0.5) is 21.5 Å². The van der Waals surface area contributed by atoms with Gasteiger partial charge in [-0.05, 0) is 48.5 Å². The number of nitrogens with one attached hydrogen (secondary N) is 3. The molecular weight excluding hydrogens is 477 g/mol. The highest BCUT2D eigenvalue weighted by Gasteiger charge is 2.19. The topological polar surface area (TPSA) is 174 Å². The molecule has 0 atom stereocenters. The van der Waals surface area contributed by atoms with E-state index in [1.165, 1.54) is 36.4 Å². The lowest BCUT2D eigenvalue weighted by atomic mass is 10.1. The Bertz CT molecular complexity index is 1300. The average molecular weight is 495 g/mol. The number of halogens is 1. The van der Waals surface area contributed by atoms with Crippen molar-refractivity contribution < 1.29 is 28.6 Å². The van der Waals surface area contributed by atoms with Crippen molar-refractivity contribution in [1.29, 1.82) is 0 Å². The van der Waals surface area contributed by atoms with Crippen LogP contribution in [0.25, 0.3) is 0 Å². The summed E-state index contributed by atoms with van der Waals surface area (Å²) in [6.07, 6.45) is 0. The monoisotopic (exact) mass is 495 g/mol. The van der Waals surface area contributed by atoms with E-state index in [9.17, 15) is 39.0 Å². The van der Waals surface area contributed by atoms with E-state index in [0.29, 0.717) is 5.69 Å². The molecule has 184 valence electrons. The molecule has 13 heteroatoms. The van der Waals surface area contributed by atoms with Gasteiger partial charge in [-0.1, -0.05) is 0 Å². The molecule has 3 aromatic carbocycles. The molecule has 0 unspecified atom stereocenters. The molecule has 3 aromatic rings. The van der Waals surface area contributed by atoms with Crippen LogP contribution in [0, 0.1) is 26.0 Å². The molecule has 0 aromatic heterocycles. The Morgan fingerprint density at radius 2 is 1.11 bits per heavy atom. The molecule has 0 aliphatic heterocycles. The van der Waals surface area contributed by atoms with Gasteiger partial charge in [-0.2, -0.15) is 0 Å². The molecule has 3 rings (SSSR count). The van der Waals surface area contributed by atoms with Gasteiger partial charge < -0.3 is 16.0 Å². The summed E-state index contributed by atoms with van der Waals surface area (Å²) in [6, 6.07) is 13.5. The predicted octanol–water partition coefficient (Wildman–Crippen LogP) is 3.05. The van der Waals surface area contributed by atoms with Gasteiger partial charge in [-0.3, -0.25) is 34.6 Å². The molecule has 0 saturated carbocycles. The normalized spacial score (nSPS) is 10.2. The van der Waals surface area contributed by atoms with Gasteiger partial charge in [0.25, 0.3) is 29.1 Å². The Hall–Kier alpha value is -5.20. The smallest absolute Gasteiger partial charge is 0.277 e. The molecule has 3 N–H and O–H groups in total. The molecule has 0 heterocycles. The lowest BCUT2D eigenvalue weighted by molar-refractivity contribution is -0.394. The first-order chi connectivity index (χ1) is 17.1.